The van der Waals surface area contributed by atoms with Crippen molar-refractivity contribution in [3.63, 3.8) is 0 Å². The third-order valence-electron chi connectivity index (χ3n) is 9.50. The van der Waals surface area contributed by atoms with Crippen molar-refractivity contribution in [2.75, 3.05) is 6.61 Å². The maximum Gasteiger partial charge on any atom is 0.316 e. The van der Waals surface area contributed by atoms with Gasteiger partial charge in [-0.25, -0.2) is 0 Å². The quantitative estimate of drug-likeness (QED) is 0.359. The number of fused-ring (bicyclic) bond motifs is 2. The van der Waals surface area contributed by atoms with E-state index in [1.54, 1.807) is 13.0 Å². The fourth-order valence-electron chi connectivity index (χ4n) is 7.23. The predicted octanol–water partition coefficient (Wildman–Crippen LogP) is 4.92. The van der Waals surface area contributed by atoms with Crippen molar-refractivity contribution in [2.24, 2.45) is 17.8 Å². The van der Waals surface area contributed by atoms with E-state index in [-0.39, 0.29) is 18.8 Å². The van der Waals surface area contributed by atoms with E-state index in [2.05, 4.69) is 39.8 Å². The normalized spacial score (nSPS) is 48.7. The second kappa shape index (κ2) is 11.2. The predicted molar refractivity (Wildman–Crippen MR) is 148 cm³/mol. The molecular weight excluding hydrogens is 496 g/mol. The van der Waals surface area contributed by atoms with Gasteiger partial charge in [-0.1, -0.05) is 56.7 Å². The van der Waals surface area contributed by atoms with Crippen molar-refractivity contribution in [1.82, 2.24) is 0 Å². The molecule has 3 fully saturated rings. The van der Waals surface area contributed by atoms with Crippen LogP contribution in [0.15, 0.2) is 47.1 Å². The van der Waals surface area contributed by atoms with E-state index in [1.165, 1.54) is 5.57 Å². The summed E-state index contributed by atoms with van der Waals surface area (Å²) in [5.41, 5.74) is 0.788. The van der Waals surface area contributed by atoms with E-state index in [0.717, 1.165) is 32.1 Å². The monoisotopic (exact) mass is 542 g/mol. The first-order valence-corrected chi connectivity index (χ1v) is 14.8. The standard InChI is InChI=1S/C32H46O7/c1-6-27-21(4)12-13-31(39-27)17-25-16-24(38-31)11-10-20(3)14-19(2)8-7-9-23-18-36-29-28(33)22(5)15-26(30(34)37-25)32(23,29)35/h7-10,15,19,21,24-29,33,35H,6,11-14,16-18H2,1-5H3/b8-7-,20-10-,23-9-. The van der Waals surface area contributed by atoms with Crippen LogP contribution in [0.5, 0.6) is 0 Å². The highest BCUT2D eigenvalue weighted by atomic mass is 16.7. The topological polar surface area (TPSA) is 94.5 Å². The lowest BCUT2D eigenvalue weighted by Gasteiger charge is -2.50. The van der Waals surface area contributed by atoms with E-state index in [1.807, 2.05) is 12.2 Å². The maximum absolute atomic E-state index is 13.9. The Morgan fingerprint density at radius 2 is 1.95 bits per heavy atom. The van der Waals surface area contributed by atoms with Crippen LogP contribution in [-0.2, 0) is 23.7 Å². The zero-order chi connectivity index (χ0) is 27.9. The molecule has 0 saturated carbocycles. The third kappa shape index (κ3) is 5.58. The highest BCUT2D eigenvalue weighted by Gasteiger charge is 2.60. The van der Waals surface area contributed by atoms with Crippen LogP contribution < -0.4 is 0 Å². The van der Waals surface area contributed by atoms with Gasteiger partial charge in [-0.05, 0) is 62.5 Å². The first-order chi connectivity index (χ1) is 18.5. The van der Waals surface area contributed by atoms with Gasteiger partial charge in [0.05, 0.1) is 18.8 Å². The van der Waals surface area contributed by atoms with Gasteiger partial charge >= 0.3 is 5.97 Å². The van der Waals surface area contributed by atoms with Gasteiger partial charge in [0.25, 0.3) is 0 Å². The Kier molecular flexibility index (Phi) is 8.29. The second-order valence-electron chi connectivity index (χ2n) is 12.7. The summed E-state index contributed by atoms with van der Waals surface area (Å²) in [4.78, 5) is 13.9. The molecule has 10 atom stereocenters. The molecule has 10 unspecified atom stereocenters. The average molecular weight is 543 g/mol. The number of hydrogen-bond acceptors (Lipinski definition) is 7. The summed E-state index contributed by atoms with van der Waals surface area (Å²) >= 11 is 0. The number of allylic oxidation sites excluding steroid dienone is 4. The van der Waals surface area contributed by atoms with Crippen molar-refractivity contribution in [3.05, 3.63) is 47.1 Å². The van der Waals surface area contributed by atoms with Crippen LogP contribution in [0.2, 0.25) is 0 Å². The number of carbonyl (C=O) groups is 1. The second-order valence-corrected chi connectivity index (χ2v) is 12.7. The highest BCUT2D eigenvalue weighted by molar-refractivity contribution is 5.78. The van der Waals surface area contributed by atoms with Gasteiger partial charge in [-0.2, -0.15) is 0 Å². The van der Waals surface area contributed by atoms with Crippen LogP contribution in [-0.4, -0.2) is 64.7 Å². The largest absolute Gasteiger partial charge is 0.462 e. The molecule has 4 aliphatic heterocycles. The molecule has 1 spiro atoms. The number of hydrogen-bond donors (Lipinski definition) is 2. The van der Waals surface area contributed by atoms with Crippen LogP contribution in [0.4, 0.5) is 0 Å². The fourth-order valence-corrected chi connectivity index (χ4v) is 7.23. The molecule has 0 aromatic rings. The van der Waals surface area contributed by atoms with Crippen molar-refractivity contribution in [1.29, 1.82) is 0 Å². The number of esters is 1. The Balaban J connectivity index is 1.51. The molecule has 0 radical (unpaired) electrons. The van der Waals surface area contributed by atoms with Gasteiger partial charge in [0.15, 0.2) is 5.79 Å². The molecule has 7 nitrogen and oxygen atoms in total. The molecule has 5 aliphatic rings. The summed E-state index contributed by atoms with van der Waals surface area (Å²) in [6, 6.07) is 0. The maximum atomic E-state index is 13.9. The SMILES string of the molecule is CCC1OC2(CCC1C)CC1CC(C/C=C(/C)CC(C)/C=C\C=C3\COC4C(O)C(C)=CC(C(=O)O1)C34O)O2. The highest BCUT2D eigenvalue weighted by Crippen LogP contribution is 2.47. The van der Waals surface area contributed by atoms with Gasteiger partial charge < -0.3 is 29.2 Å². The molecule has 39 heavy (non-hydrogen) atoms. The lowest BCUT2D eigenvalue weighted by Crippen LogP contribution is -2.58. The van der Waals surface area contributed by atoms with Crippen molar-refractivity contribution in [3.8, 4) is 0 Å². The lowest BCUT2D eigenvalue weighted by molar-refractivity contribution is -0.335. The van der Waals surface area contributed by atoms with Crippen LogP contribution in [0.1, 0.15) is 79.6 Å². The van der Waals surface area contributed by atoms with Gasteiger partial charge in [-0.3, -0.25) is 4.79 Å². The number of rotatable bonds is 1. The fraction of sp³-hybridized carbons (Fsp3) is 0.719. The molecule has 4 heterocycles. The smallest absolute Gasteiger partial charge is 0.316 e. The van der Waals surface area contributed by atoms with Crippen LogP contribution >= 0.6 is 0 Å². The Bertz CT molecular complexity index is 1060. The molecular formula is C32H46O7. The van der Waals surface area contributed by atoms with Crippen LogP contribution in [0.25, 0.3) is 0 Å². The molecule has 1 aliphatic carbocycles. The molecule has 2 N–H and O–H groups in total. The number of carbonyl (C=O) groups excluding carboxylic acids is 1. The molecule has 0 aromatic heterocycles. The number of ether oxygens (including phenoxy) is 4. The molecule has 3 saturated heterocycles. The summed E-state index contributed by atoms with van der Waals surface area (Å²) in [6.45, 7) is 10.6. The van der Waals surface area contributed by atoms with E-state index in [4.69, 9.17) is 18.9 Å². The zero-order valence-electron chi connectivity index (χ0n) is 24.1. The van der Waals surface area contributed by atoms with Crippen LogP contribution in [0.3, 0.4) is 0 Å². The first-order valence-electron chi connectivity index (χ1n) is 14.8. The summed E-state index contributed by atoms with van der Waals surface area (Å²) in [5, 5.41) is 22.9. The molecule has 0 amide bonds. The van der Waals surface area contributed by atoms with E-state index < -0.39 is 41.6 Å². The van der Waals surface area contributed by atoms with E-state index in [9.17, 15) is 15.0 Å². The van der Waals surface area contributed by atoms with Gasteiger partial charge in [-0.15, -0.1) is 0 Å². The Morgan fingerprint density at radius 3 is 2.72 bits per heavy atom. The Morgan fingerprint density at radius 1 is 1.15 bits per heavy atom. The zero-order valence-corrected chi connectivity index (χ0v) is 24.1. The Hall–Kier alpha value is -1.77. The summed E-state index contributed by atoms with van der Waals surface area (Å²) < 4.78 is 25.4. The van der Waals surface area contributed by atoms with Crippen molar-refractivity contribution < 1.29 is 34.0 Å². The minimum atomic E-state index is -1.68. The minimum absolute atomic E-state index is 0.104. The molecule has 2 bridgehead atoms. The average Bonchev–Trinajstić information content (AvgIpc) is 3.23. The molecule has 216 valence electrons. The van der Waals surface area contributed by atoms with E-state index >= 15 is 0 Å². The minimum Gasteiger partial charge on any atom is -0.462 e. The molecule has 0 aromatic carbocycles. The number of aliphatic hydroxyl groups is 2. The first kappa shape index (κ1) is 28.7. The van der Waals surface area contributed by atoms with Crippen LogP contribution in [0, 0.1) is 17.8 Å². The number of aliphatic hydroxyl groups excluding tert-OH is 1. The summed E-state index contributed by atoms with van der Waals surface area (Å²) in [6.07, 6.45) is 12.8. The van der Waals surface area contributed by atoms with E-state index in [0.29, 0.717) is 35.8 Å². The van der Waals surface area contributed by atoms with Crippen molar-refractivity contribution >= 4 is 5.97 Å². The van der Waals surface area contributed by atoms with Gasteiger partial charge in [0.1, 0.15) is 29.8 Å². The lowest BCUT2D eigenvalue weighted by atomic mass is 9.71. The molecule has 5 rings (SSSR count). The molecule has 7 heteroatoms. The summed E-state index contributed by atoms with van der Waals surface area (Å²) in [5.74, 6) is -1.52. The van der Waals surface area contributed by atoms with Gasteiger partial charge in [0, 0.05) is 19.3 Å². The summed E-state index contributed by atoms with van der Waals surface area (Å²) in [7, 11) is 0. The van der Waals surface area contributed by atoms with Gasteiger partial charge in [0.2, 0.25) is 0 Å². The third-order valence-corrected chi connectivity index (χ3v) is 9.50. The van der Waals surface area contributed by atoms with Crippen molar-refractivity contribution in [2.45, 2.75) is 121 Å². The Labute approximate surface area is 232 Å².